The van der Waals surface area contributed by atoms with Crippen molar-refractivity contribution in [3.63, 3.8) is 0 Å². The Balaban J connectivity index is 1.78. The van der Waals surface area contributed by atoms with Crippen LogP contribution in [0.1, 0.15) is 37.3 Å². The molecule has 0 amide bonds. The molecule has 2 aliphatic carbocycles. The standard InChI is InChI=1S/C15H18O2/c1-9-5-13-10(6-12(9)16)7-15(17-13)4-3-11-8-14(11,15)2/h5-6,11,16H,3-4,7-8H2,1-2H3/t11?,14?,15-/m0/s1. The van der Waals surface area contributed by atoms with Crippen molar-refractivity contribution in [1.82, 2.24) is 0 Å². The molecule has 1 aromatic rings. The number of rotatable bonds is 0. The first kappa shape index (κ1) is 9.81. The van der Waals surface area contributed by atoms with E-state index in [0.29, 0.717) is 11.2 Å². The van der Waals surface area contributed by atoms with Crippen molar-refractivity contribution >= 4 is 0 Å². The number of aryl methyl sites for hydroxylation is 1. The van der Waals surface area contributed by atoms with Gasteiger partial charge < -0.3 is 9.84 Å². The third kappa shape index (κ3) is 1.02. The Labute approximate surface area is 102 Å². The molecule has 1 N–H and O–H groups in total. The first-order valence-electron chi connectivity index (χ1n) is 6.56. The Morgan fingerprint density at radius 2 is 2.24 bits per heavy atom. The van der Waals surface area contributed by atoms with Crippen LogP contribution in [0.4, 0.5) is 0 Å². The molecule has 1 aromatic carbocycles. The number of ether oxygens (including phenoxy) is 1. The Hall–Kier alpha value is -1.18. The van der Waals surface area contributed by atoms with E-state index in [1.165, 1.54) is 24.8 Å². The van der Waals surface area contributed by atoms with E-state index in [9.17, 15) is 5.11 Å². The van der Waals surface area contributed by atoms with Crippen molar-refractivity contribution in [3.8, 4) is 11.5 Å². The highest BCUT2D eigenvalue weighted by molar-refractivity contribution is 5.50. The summed E-state index contributed by atoms with van der Waals surface area (Å²) in [6, 6.07) is 3.90. The molecular weight excluding hydrogens is 212 g/mol. The first-order chi connectivity index (χ1) is 8.04. The molecular formula is C15H18O2. The van der Waals surface area contributed by atoms with Crippen LogP contribution in [0.25, 0.3) is 0 Å². The fourth-order valence-electron chi connectivity index (χ4n) is 4.08. The second-order valence-electron chi connectivity index (χ2n) is 6.38. The van der Waals surface area contributed by atoms with E-state index in [1.807, 2.05) is 19.1 Å². The number of aromatic hydroxyl groups is 1. The summed E-state index contributed by atoms with van der Waals surface area (Å²) in [5, 5.41) is 9.80. The maximum atomic E-state index is 9.80. The van der Waals surface area contributed by atoms with E-state index < -0.39 is 0 Å². The summed E-state index contributed by atoms with van der Waals surface area (Å²) >= 11 is 0. The minimum absolute atomic E-state index is 0.0419. The molecule has 1 spiro atoms. The minimum atomic E-state index is 0.0419. The highest BCUT2D eigenvalue weighted by Gasteiger charge is 2.70. The lowest BCUT2D eigenvalue weighted by Gasteiger charge is -2.31. The predicted molar refractivity (Wildman–Crippen MR) is 65.4 cm³/mol. The van der Waals surface area contributed by atoms with Crippen LogP contribution in [0.15, 0.2) is 12.1 Å². The zero-order chi connectivity index (χ0) is 11.8. The van der Waals surface area contributed by atoms with E-state index in [0.717, 1.165) is 23.7 Å². The van der Waals surface area contributed by atoms with Crippen molar-refractivity contribution in [2.75, 3.05) is 0 Å². The number of phenolic OH excluding ortho intramolecular Hbond substituents is 1. The van der Waals surface area contributed by atoms with Crippen molar-refractivity contribution < 1.29 is 9.84 Å². The van der Waals surface area contributed by atoms with E-state index in [1.54, 1.807) is 0 Å². The van der Waals surface area contributed by atoms with Gasteiger partial charge in [0.25, 0.3) is 0 Å². The molecule has 90 valence electrons. The molecule has 3 atom stereocenters. The van der Waals surface area contributed by atoms with Crippen LogP contribution >= 0.6 is 0 Å². The predicted octanol–water partition coefficient (Wildman–Crippen LogP) is 3.19. The molecule has 2 fully saturated rings. The fourth-order valence-corrected chi connectivity index (χ4v) is 4.08. The topological polar surface area (TPSA) is 29.5 Å². The SMILES string of the molecule is Cc1cc2c(cc1O)C[C@]1(CCC3CC31C)O2. The van der Waals surface area contributed by atoms with Gasteiger partial charge >= 0.3 is 0 Å². The summed E-state index contributed by atoms with van der Waals surface area (Å²) in [5.74, 6) is 2.29. The van der Waals surface area contributed by atoms with Gasteiger partial charge in [-0.1, -0.05) is 6.92 Å². The van der Waals surface area contributed by atoms with Crippen molar-refractivity contribution in [3.05, 3.63) is 23.3 Å². The Morgan fingerprint density at radius 3 is 2.88 bits per heavy atom. The van der Waals surface area contributed by atoms with Gasteiger partial charge in [-0.2, -0.15) is 0 Å². The molecule has 3 aliphatic rings. The third-order valence-electron chi connectivity index (χ3n) is 5.51. The molecule has 0 bridgehead atoms. The van der Waals surface area contributed by atoms with Gasteiger partial charge in [0.05, 0.1) is 0 Å². The highest BCUT2D eigenvalue weighted by Crippen LogP contribution is 2.71. The quantitative estimate of drug-likeness (QED) is 0.741. The zero-order valence-electron chi connectivity index (χ0n) is 10.4. The Bertz CT molecular complexity index is 487. The van der Waals surface area contributed by atoms with Gasteiger partial charge in [-0.15, -0.1) is 0 Å². The zero-order valence-corrected chi connectivity index (χ0v) is 10.4. The largest absolute Gasteiger partial charge is 0.508 e. The van der Waals surface area contributed by atoms with Gasteiger partial charge in [-0.05, 0) is 49.8 Å². The summed E-state index contributed by atoms with van der Waals surface area (Å²) in [6.45, 7) is 4.31. The minimum Gasteiger partial charge on any atom is -0.508 e. The van der Waals surface area contributed by atoms with Crippen LogP contribution in [-0.4, -0.2) is 10.7 Å². The van der Waals surface area contributed by atoms with Gasteiger partial charge in [0.15, 0.2) is 0 Å². The molecule has 17 heavy (non-hydrogen) atoms. The monoisotopic (exact) mass is 230 g/mol. The number of fused-ring (bicyclic) bond motifs is 3. The van der Waals surface area contributed by atoms with Gasteiger partial charge in [-0.25, -0.2) is 0 Å². The third-order valence-corrected chi connectivity index (χ3v) is 5.51. The van der Waals surface area contributed by atoms with Crippen LogP contribution in [0.3, 0.4) is 0 Å². The average Bonchev–Trinajstić information content (AvgIpc) is 2.71. The van der Waals surface area contributed by atoms with Crippen LogP contribution in [-0.2, 0) is 6.42 Å². The summed E-state index contributed by atoms with van der Waals surface area (Å²) in [7, 11) is 0. The maximum absolute atomic E-state index is 9.80. The van der Waals surface area contributed by atoms with Crippen LogP contribution < -0.4 is 4.74 Å². The first-order valence-corrected chi connectivity index (χ1v) is 6.56. The molecule has 0 radical (unpaired) electrons. The Kier molecular flexibility index (Phi) is 1.52. The molecule has 0 saturated heterocycles. The van der Waals surface area contributed by atoms with Gasteiger partial charge in [-0.3, -0.25) is 0 Å². The van der Waals surface area contributed by atoms with Gasteiger partial charge in [0.1, 0.15) is 17.1 Å². The molecule has 1 aliphatic heterocycles. The molecule has 2 unspecified atom stereocenters. The molecule has 1 heterocycles. The number of benzene rings is 1. The molecule has 2 saturated carbocycles. The molecule has 0 aromatic heterocycles. The van der Waals surface area contributed by atoms with E-state index >= 15 is 0 Å². The lowest BCUT2D eigenvalue weighted by atomic mass is 9.83. The fraction of sp³-hybridized carbons (Fsp3) is 0.600. The van der Waals surface area contributed by atoms with Crippen molar-refractivity contribution in [2.24, 2.45) is 11.3 Å². The second kappa shape index (κ2) is 2.63. The summed E-state index contributed by atoms with van der Waals surface area (Å²) in [4.78, 5) is 0. The van der Waals surface area contributed by atoms with E-state index in [-0.39, 0.29) is 5.60 Å². The lowest BCUT2D eigenvalue weighted by Crippen LogP contribution is -2.40. The number of phenols is 1. The van der Waals surface area contributed by atoms with E-state index in [2.05, 4.69) is 6.92 Å². The Morgan fingerprint density at radius 1 is 1.41 bits per heavy atom. The van der Waals surface area contributed by atoms with Crippen LogP contribution in [0.2, 0.25) is 0 Å². The molecule has 2 nitrogen and oxygen atoms in total. The smallest absolute Gasteiger partial charge is 0.124 e. The molecule has 2 heteroatoms. The summed E-state index contributed by atoms with van der Waals surface area (Å²) in [5.41, 5.74) is 2.55. The second-order valence-corrected chi connectivity index (χ2v) is 6.38. The number of hydrogen-bond acceptors (Lipinski definition) is 2. The van der Waals surface area contributed by atoms with Crippen molar-refractivity contribution in [1.29, 1.82) is 0 Å². The molecule has 4 rings (SSSR count). The summed E-state index contributed by atoms with van der Waals surface area (Å²) in [6.07, 6.45) is 4.81. The van der Waals surface area contributed by atoms with Crippen molar-refractivity contribution in [2.45, 2.75) is 45.1 Å². The maximum Gasteiger partial charge on any atom is 0.124 e. The summed E-state index contributed by atoms with van der Waals surface area (Å²) < 4.78 is 6.34. The highest BCUT2D eigenvalue weighted by atomic mass is 16.5. The van der Waals surface area contributed by atoms with Crippen LogP contribution in [0, 0.1) is 18.3 Å². The lowest BCUT2D eigenvalue weighted by molar-refractivity contribution is 0.0334. The normalized spacial score (nSPS) is 41.2. The van der Waals surface area contributed by atoms with Gasteiger partial charge in [0, 0.05) is 17.4 Å². The van der Waals surface area contributed by atoms with Gasteiger partial charge in [0.2, 0.25) is 0 Å². The average molecular weight is 230 g/mol. The van der Waals surface area contributed by atoms with Crippen LogP contribution in [0.5, 0.6) is 11.5 Å². The van der Waals surface area contributed by atoms with E-state index in [4.69, 9.17) is 4.74 Å². The number of hydrogen-bond donors (Lipinski definition) is 1.